The molecule has 2 aromatic heterocycles. The molecule has 2 atom stereocenters. The highest BCUT2D eigenvalue weighted by atomic mass is 32.1. The second-order valence-corrected chi connectivity index (χ2v) is 7.54. The van der Waals surface area contributed by atoms with E-state index in [9.17, 15) is 14.9 Å². The summed E-state index contributed by atoms with van der Waals surface area (Å²) in [5.41, 5.74) is 1.35. The topological polar surface area (TPSA) is 111 Å². The van der Waals surface area contributed by atoms with Gasteiger partial charge in [-0.15, -0.1) is 0 Å². The molecule has 32 heavy (non-hydrogen) atoms. The summed E-state index contributed by atoms with van der Waals surface area (Å²) in [4.78, 5) is 28.8. The predicted octanol–water partition coefficient (Wildman–Crippen LogP) is 3.79. The zero-order valence-corrected chi connectivity index (χ0v) is 18.0. The molecule has 0 aliphatic carbocycles. The van der Waals surface area contributed by atoms with Crippen molar-refractivity contribution in [2.24, 2.45) is 0 Å². The fourth-order valence-corrected chi connectivity index (χ4v) is 4.04. The summed E-state index contributed by atoms with van der Waals surface area (Å²) in [7, 11) is 1.34. The lowest BCUT2D eigenvalue weighted by Gasteiger charge is -2.25. The lowest BCUT2D eigenvalue weighted by Crippen LogP contribution is -2.31. The lowest BCUT2D eigenvalue weighted by molar-refractivity contribution is -0.384. The number of aromatic nitrogens is 1. The van der Waals surface area contributed by atoms with E-state index in [-0.39, 0.29) is 30.2 Å². The normalized spacial score (nSPS) is 17.8. The van der Waals surface area contributed by atoms with Gasteiger partial charge in [0.1, 0.15) is 17.6 Å². The van der Waals surface area contributed by atoms with Gasteiger partial charge in [0.15, 0.2) is 5.11 Å². The Hall–Kier alpha value is -3.79. The number of hydrogen-bond acceptors (Lipinski definition) is 7. The van der Waals surface area contributed by atoms with Crippen LogP contribution < -0.4 is 5.32 Å². The van der Waals surface area contributed by atoms with Crippen LogP contribution in [0.5, 0.6) is 0 Å². The van der Waals surface area contributed by atoms with Crippen LogP contribution in [0, 0.1) is 10.1 Å². The number of non-ortho nitro benzene ring substituents is 1. The third-order valence-electron chi connectivity index (χ3n) is 5.24. The van der Waals surface area contributed by atoms with Crippen molar-refractivity contribution in [2.75, 3.05) is 13.7 Å². The Morgan fingerprint density at radius 2 is 2.12 bits per heavy atom. The molecule has 3 heterocycles. The summed E-state index contributed by atoms with van der Waals surface area (Å²) in [6.45, 7) is 0.333. The van der Waals surface area contributed by atoms with Gasteiger partial charge < -0.3 is 19.4 Å². The van der Waals surface area contributed by atoms with Crippen LogP contribution in [-0.2, 0) is 9.53 Å². The maximum atomic E-state index is 11.7. The van der Waals surface area contributed by atoms with Crippen LogP contribution in [0.15, 0.2) is 65.2 Å². The highest BCUT2D eigenvalue weighted by Crippen LogP contribution is 2.40. The molecule has 0 bridgehead atoms. The van der Waals surface area contributed by atoms with Gasteiger partial charge in [-0.1, -0.05) is 18.2 Å². The highest BCUT2D eigenvalue weighted by molar-refractivity contribution is 7.80. The molecule has 1 aromatic carbocycles. The molecule has 0 amide bonds. The minimum atomic E-state index is -0.446. The molecule has 0 spiro atoms. The number of carbonyl (C=O) groups is 1. The third-order valence-corrected chi connectivity index (χ3v) is 5.59. The first-order valence-electron chi connectivity index (χ1n) is 9.87. The molecule has 10 heteroatoms. The third kappa shape index (κ3) is 4.30. The average molecular weight is 452 g/mol. The van der Waals surface area contributed by atoms with Crippen molar-refractivity contribution in [1.82, 2.24) is 15.2 Å². The first-order valence-corrected chi connectivity index (χ1v) is 10.3. The fourth-order valence-electron chi connectivity index (χ4n) is 3.71. The van der Waals surface area contributed by atoms with E-state index in [1.165, 1.54) is 19.2 Å². The second-order valence-electron chi connectivity index (χ2n) is 7.16. The average Bonchev–Trinajstić information content (AvgIpc) is 3.42. The predicted molar refractivity (Wildman–Crippen MR) is 120 cm³/mol. The standard InChI is InChI=1S/C22H20N4O5S/c1-30-19(27)10-12-25-21(20(24-22(25)32)16-7-2-3-11-23-16)18-9-8-17(31-18)14-5-4-6-15(13-14)26(28)29/h2-9,11,13,20-21H,10,12H2,1H3,(H,24,32)/t20-,21+/m1/s1. The molecular formula is C22H20N4O5S. The first-order chi connectivity index (χ1) is 15.5. The van der Waals surface area contributed by atoms with E-state index < -0.39 is 4.92 Å². The van der Waals surface area contributed by atoms with Gasteiger partial charge in [0, 0.05) is 30.4 Å². The smallest absolute Gasteiger partial charge is 0.307 e. The van der Waals surface area contributed by atoms with Gasteiger partial charge >= 0.3 is 5.97 Å². The zero-order valence-electron chi connectivity index (χ0n) is 17.1. The van der Waals surface area contributed by atoms with Crippen LogP contribution in [0.2, 0.25) is 0 Å². The molecule has 1 aliphatic heterocycles. The zero-order chi connectivity index (χ0) is 22.7. The molecule has 0 unspecified atom stereocenters. The van der Waals surface area contributed by atoms with Crippen LogP contribution in [0.25, 0.3) is 11.3 Å². The maximum Gasteiger partial charge on any atom is 0.307 e. The minimum Gasteiger partial charge on any atom is -0.469 e. The Bertz CT molecular complexity index is 1150. The van der Waals surface area contributed by atoms with E-state index in [0.29, 0.717) is 28.7 Å². The summed E-state index contributed by atoms with van der Waals surface area (Å²) in [6, 6.07) is 14.8. The van der Waals surface area contributed by atoms with E-state index in [4.69, 9.17) is 21.4 Å². The minimum absolute atomic E-state index is 0.0183. The van der Waals surface area contributed by atoms with Crippen LogP contribution >= 0.6 is 12.2 Å². The molecule has 0 saturated carbocycles. The quantitative estimate of drug-likeness (QED) is 0.248. The molecule has 1 N–H and O–H groups in total. The van der Waals surface area contributed by atoms with Gasteiger partial charge in [0.25, 0.3) is 5.69 Å². The van der Waals surface area contributed by atoms with E-state index in [1.54, 1.807) is 24.4 Å². The molecule has 0 radical (unpaired) electrons. The first kappa shape index (κ1) is 21.4. The SMILES string of the molecule is COC(=O)CCN1C(=S)N[C@H](c2ccccn2)[C@@H]1c1ccc(-c2cccc([N+](=O)[O-])c2)o1. The summed E-state index contributed by atoms with van der Waals surface area (Å²) < 4.78 is 10.9. The van der Waals surface area contributed by atoms with Crippen molar-refractivity contribution in [1.29, 1.82) is 0 Å². The number of carbonyl (C=O) groups excluding carboxylic acids is 1. The van der Waals surface area contributed by atoms with Crippen LogP contribution in [0.4, 0.5) is 5.69 Å². The fraction of sp³-hybridized carbons (Fsp3) is 0.227. The maximum absolute atomic E-state index is 11.7. The Morgan fingerprint density at radius 1 is 1.28 bits per heavy atom. The Balaban J connectivity index is 1.69. The Labute approximate surface area is 189 Å². The molecule has 3 aromatic rings. The van der Waals surface area contributed by atoms with Crippen molar-refractivity contribution >= 4 is 29.0 Å². The number of nitro benzene ring substituents is 1. The molecule has 4 rings (SSSR count). The largest absolute Gasteiger partial charge is 0.469 e. The molecule has 1 saturated heterocycles. The van der Waals surface area contributed by atoms with Crippen molar-refractivity contribution in [2.45, 2.75) is 18.5 Å². The number of furan rings is 1. The molecule has 1 aliphatic rings. The van der Waals surface area contributed by atoms with Crippen LogP contribution in [-0.4, -0.2) is 39.5 Å². The number of ether oxygens (including phenoxy) is 1. The summed E-state index contributed by atoms with van der Waals surface area (Å²) in [5, 5.41) is 14.9. The van der Waals surface area contributed by atoms with E-state index >= 15 is 0 Å². The van der Waals surface area contributed by atoms with Crippen molar-refractivity contribution in [3.05, 3.63) is 82.4 Å². The number of hydrogen-bond donors (Lipinski definition) is 1. The second kappa shape index (κ2) is 9.15. The van der Waals surface area contributed by atoms with Crippen molar-refractivity contribution in [3.63, 3.8) is 0 Å². The van der Waals surface area contributed by atoms with Gasteiger partial charge in [-0.25, -0.2) is 0 Å². The van der Waals surface area contributed by atoms with Crippen LogP contribution in [0.1, 0.15) is 30.0 Å². The molecule has 1 fully saturated rings. The summed E-state index contributed by atoms with van der Waals surface area (Å²) in [5.74, 6) is 0.748. The number of nitrogens with one attached hydrogen (secondary N) is 1. The Kier molecular flexibility index (Phi) is 6.13. The number of pyridine rings is 1. The van der Waals surface area contributed by atoms with Crippen LogP contribution in [0.3, 0.4) is 0 Å². The number of nitrogens with zero attached hydrogens (tertiary/aromatic N) is 3. The van der Waals surface area contributed by atoms with E-state index in [1.807, 2.05) is 29.2 Å². The number of nitro groups is 1. The van der Waals surface area contributed by atoms with Gasteiger partial charge in [-0.3, -0.25) is 19.9 Å². The Morgan fingerprint density at radius 3 is 2.84 bits per heavy atom. The van der Waals surface area contributed by atoms with Gasteiger partial charge in [-0.05, 0) is 36.5 Å². The molecular weight excluding hydrogens is 432 g/mol. The molecule has 9 nitrogen and oxygen atoms in total. The summed E-state index contributed by atoms with van der Waals surface area (Å²) in [6.07, 6.45) is 1.85. The number of esters is 1. The number of thiocarbonyl (C=S) groups is 1. The molecule has 164 valence electrons. The highest BCUT2D eigenvalue weighted by Gasteiger charge is 2.41. The number of rotatable bonds is 7. The van der Waals surface area contributed by atoms with Gasteiger partial charge in [0.2, 0.25) is 0 Å². The van der Waals surface area contributed by atoms with E-state index in [2.05, 4.69) is 10.3 Å². The van der Waals surface area contributed by atoms with Gasteiger partial charge in [0.05, 0.1) is 30.2 Å². The summed E-state index contributed by atoms with van der Waals surface area (Å²) >= 11 is 5.55. The number of methoxy groups -OCH3 is 1. The van der Waals surface area contributed by atoms with Crippen molar-refractivity contribution in [3.8, 4) is 11.3 Å². The van der Waals surface area contributed by atoms with Crippen molar-refractivity contribution < 1.29 is 18.9 Å². The number of benzene rings is 1. The monoisotopic (exact) mass is 452 g/mol. The van der Waals surface area contributed by atoms with E-state index in [0.717, 1.165) is 5.69 Å². The van der Waals surface area contributed by atoms with Gasteiger partial charge in [-0.2, -0.15) is 0 Å². The lowest BCUT2D eigenvalue weighted by atomic mass is 10.0.